The van der Waals surface area contributed by atoms with Crippen LogP contribution in [0, 0.1) is 0 Å². The van der Waals surface area contributed by atoms with Gasteiger partial charge in [0.15, 0.2) is 9.84 Å². The molecule has 0 unspecified atom stereocenters. The van der Waals surface area contributed by atoms with E-state index in [-0.39, 0.29) is 17.4 Å². The predicted octanol–water partition coefficient (Wildman–Crippen LogP) is 1.32. The van der Waals surface area contributed by atoms with Gasteiger partial charge in [-0.1, -0.05) is 48.5 Å². The third kappa shape index (κ3) is 2.18. The Kier molecular flexibility index (Phi) is 3.36. The zero-order valence-electron chi connectivity index (χ0n) is 11.4. The summed E-state index contributed by atoms with van der Waals surface area (Å²) in [5, 5.41) is 8.80. The first-order valence-corrected chi connectivity index (χ1v) is 8.30. The van der Waals surface area contributed by atoms with Gasteiger partial charge in [0.1, 0.15) is 0 Å². The first-order chi connectivity index (χ1) is 10.0. The lowest BCUT2D eigenvalue weighted by atomic mass is 10.1. The van der Waals surface area contributed by atoms with Crippen molar-refractivity contribution < 1.29 is 13.5 Å². The molecule has 2 aromatic rings. The van der Waals surface area contributed by atoms with E-state index in [0.717, 1.165) is 5.56 Å². The van der Waals surface area contributed by atoms with Crippen molar-refractivity contribution in [3.63, 3.8) is 0 Å². The minimum absolute atomic E-state index is 0.247. The second-order valence-corrected chi connectivity index (χ2v) is 7.51. The lowest BCUT2D eigenvalue weighted by molar-refractivity contribution is 0.253. The van der Waals surface area contributed by atoms with Gasteiger partial charge >= 0.3 is 0 Å². The summed E-state index contributed by atoms with van der Waals surface area (Å²) in [6, 6.07) is 17.5. The zero-order valence-corrected chi connectivity index (χ0v) is 12.2. The maximum atomic E-state index is 12.8. The van der Waals surface area contributed by atoms with E-state index in [1.54, 1.807) is 30.3 Å². The Labute approximate surface area is 124 Å². The molecule has 0 saturated heterocycles. The molecule has 3 rings (SSSR count). The van der Waals surface area contributed by atoms with Crippen molar-refractivity contribution in [1.29, 1.82) is 0 Å². The fourth-order valence-electron chi connectivity index (χ4n) is 2.98. The van der Waals surface area contributed by atoms with Gasteiger partial charge in [-0.3, -0.25) is 0 Å². The molecule has 1 fully saturated rings. The summed E-state index contributed by atoms with van der Waals surface area (Å²) in [6.45, 7) is -0.358. The summed E-state index contributed by atoms with van der Waals surface area (Å²) >= 11 is 0. The van der Waals surface area contributed by atoms with Crippen LogP contribution in [-0.2, 0) is 9.84 Å². The molecule has 1 saturated carbocycles. The molecule has 0 amide bonds. The molecule has 0 bridgehead atoms. The summed E-state index contributed by atoms with van der Waals surface area (Å²) in [4.78, 5) is 0.247. The van der Waals surface area contributed by atoms with Crippen LogP contribution in [0.4, 0.5) is 0 Å². The Balaban J connectivity index is 2.03. The van der Waals surface area contributed by atoms with Gasteiger partial charge in [0, 0.05) is 5.92 Å². The Bertz CT molecular complexity index is 731. The number of nitrogens with two attached hydrogens (primary N) is 1. The molecule has 4 nitrogen and oxygen atoms in total. The smallest absolute Gasteiger partial charge is 0.183 e. The second kappa shape index (κ2) is 4.94. The number of rotatable bonds is 4. The van der Waals surface area contributed by atoms with E-state index < -0.39 is 20.6 Å². The van der Waals surface area contributed by atoms with E-state index in [1.165, 1.54) is 0 Å². The Morgan fingerprint density at radius 2 is 1.52 bits per heavy atom. The van der Waals surface area contributed by atoms with E-state index >= 15 is 0 Å². The summed E-state index contributed by atoms with van der Waals surface area (Å²) in [5.41, 5.74) is 5.89. The topological polar surface area (TPSA) is 80.4 Å². The van der Waals surface area contributed by atoms with Gasteiger partial charge in [-0.05, 0) is 17.7 Å². The highest BCUT2D eigenvalue weighted by molar-refractivity contribution is 7.92. The standard InChI is InChI=1S/C16H17NO3S/c17-16(11-18)14(12-7-3-1-4-8-12)15(16)21(19,20)13-9-5-2-6-10-13/h1-10,14-15,18H,11,17H2/t14-,15-,16-/m1/s1. The lowest BCUT2D eigenvalue weighted by Crippen LogP contribution is -2.35. The van der Waals surface area contributed by atoms with Gasteiger partial charge < -0.3 is 10.8 Å². The second-order valence-electron chi connectivity index (χ2n) is 5.44. The Hall–Kier alpha value is -1.69. The van der Waals surface area contributed by atoms with Gasteiger partial charge in [-0.2, -0.15) is 0 Å². The van der Waals surface area contributed by atoms with Gasteiger partial charge in [0.2, 0.25) is 0 Å². The summed E-state index contributed by atoms with van der Waals surface area (Å²) in [6.07, 6.45) is 0. The first-order valence-electron chi connectivity index (χ1n) is 6.75. The molecule has 1 aliphatic rings. The van der Waals surface area contributed by atoms with Crippen LogP contribution in [-0.4, -0.2) is 30.9 Å². The summed E-state index contributed by atoms with van der Waals surface area (Å²) < 4.78 is 25.5. The number of aliphatic hydroxyl groups excluding tert-OH is 1. The van der Waals surface area contributed by atoms with Crippen LogP contribution in [0.2, 0.25) is 0 Å². The molecular weight excluding hydrogens is 286 g/mol. The lowest BCUT2D eigenvalue weighted by Gasteiger charge is -2.08. The highest BCUT2D eigenvalue weighted by Gasteiger charge is 2.68. The van der Waals surface area contributed by atoms with Crippen LogP contribution in [0.1, 0.15) is 11.5 Å². The van der Waals surface area contributed by atoms with Crippen LogP contribution in [0.15, 0.2) is 65.6 Å². The first kappa shape index (κ1) is 14.3. The minimum Gasteiger partial charge on any atom is -0.394 e. The van der Waals surface area contributed by atoms with Gasteiger partial charge in [0.25, 0.3) is 0 Å². The van der Waals surface area contributed by atoms with Crippen molar-refractivity contribution in [1.82, 2.24) is 0 Å². The molecule has 0 radical (unpaired) electrons. The maximum Gasteiger partial charge on any atom is 0.183 e. The molecule has 21 heavy (non-hydrogen) atoms. The largest absolute Gasteiger partial charge is 0.394 e. The molecule has 110 valence electrons. The molecule has 3 N–H and O–H groups in total. The number of hydrogen-bond donors (Lipinski definition) is 2. The molecule has 0 spiro atoms. The van der Waals surface area contributed by atoms with E-state index in [2.05, 4.69) is 0 Å². The van der Waals surface area contributed by atoms with Gasteiger partial charge in [-0.15, -0.1) is 0 Å². The van der Waals surface area contributed by atoms with Gasteiger partial charge in [0.05, 0.1) is 22.3 Å². The monoisotopic (exact) mass is 303 g/mol. The zero-order chi connectivity index (χ0) is 15.1. The molecule has 0 heterocycles. The van der Waals surface area contributed by atoms with E-state index in [9.17, 15) is 13.5 Å². The van der Waals surface area contributed by atoms with Crippen LogP contribution < -0.4 is 5.73 Å². The highest BCUT2D eigenvalue weighted by Crippen LogP contribution is 2.55. The average molecular weight is 303 g/mol. The fourth-order valence-corrected chi connectivity index (χ4v) is 5.30. The fraction of sp³-hybridized carbons (Fsp3) is 0.250. The van der Waals surface area contributed by atoms with Crippen molar-refractivity contribution in [3.05, 3.63) is 66.2 Å². The highest BCUT2D eigenvalue weighted by atomic mass is 32.2. The molecule has 3 atom stereocenters. The number of sulfone groups is 1. The van der Waals surface area contributed by atoms with Crippen molar-refractivity contribution in [2.75, 3.05) is 6.61 Å². The normalized spacial score (nSPS) is 28.3. The quantitative estimate of drug-likeness (QED) is 0.892. The number of hydrogen-bond acceptors (Lipinski definition) is 4. The number of benzene rings is 2. The van der Waals surface area contributed by atoms with E-state index in [1.807, 2.05) is 30.3 Å². The van der Waals surface area contributed by atoms with Crippen molar-refractivity contribution >= 4 is 9.84 Å². The average Bonchev–Trinajstić information content (AvgIpc) is 3.17. The molecule has 2 aromatic carbocycles. The Morgan fingerprint density at radius 1 is 1.00 bits per heavy atom. The van der Waals surface area contributed by atoms with Crippen LogP contribution >= 0.6 is 0 Å². The third-order valence-corrected chi connectivity index (χ3v) is 6.45. The number of aliphatic hydroxyl groups is 1. The minimum atomic E-state index is -3.57. The molecule has 5 heteroatoms. The van der Waals surface area contributed by atoms with Crippen LogP contribution in [0.25, 0.3) is 0 Å². The van der Waals surface area contributed by atoms with Crippen molar-refractivity contribution in [2.24, 2.45) is 5.73 Å². The molecule has 1 aliphatic carbocycles. The van der Waals surface area contributed by atoms with Gasteiger partial charge in [-0.25, -0.2) is 8.42 Å². The predicted molar refractivity (Wildman–Crippen MR) is 80.6 cm³/mol. The Morgan fingerprint density at radius 3 is 2.05 bits per heavy atom. The van der Waals surface area contributed by atoms with Crippen LogP contribution in [0.5, 0.6) is 0 Å². The van der Waals surface area contributed by atoms with E-state index in [4.69, 9.17) is 5.73 Å². The molecule has 0 aromatic heterocycles. The summed E-state index contributed by atoms with van der Waals surface area (Å²) in [5.74, 6) is -0.381. The van der Waals surface area contributed by atoms with Crippen LogP contribution in [0.3, 0.4) is 0 Å². The summed E-state index contributed by atoms with van der Waals surface area (Å²) in [7, 11) is -3.57. The molecule has 0 aliphatic heterocycles. The molecular formula is C16H17NO3S. The van der Waals surface area contributed by atoms with Crippen molar-refractivity contribution in [2.45, 2.75) is 21.6 Å². The van der Waals surface area contributed by atoms with Crippen molar-refractivity contribution in [3.8, 4) is 0 Å². The maximum absolute atomic E-state index is 12.8. The third-order valence-electron chi connectivity index (χ3n) is 4.14. The SMILES string of the molecule is N[C@]1(CO)[C@H](c2ccccc2)[C@H]1S(=O)(=O)c1ccccc1. The van der Waals surface area contributed by atoms with E-state index in [0.29, 0.717) is 0 Å².